The van der Waals surface area contributed by atoms with Crippen LogP contribution in [0.4, 0.5) is 11.4 Å². The summed E-state index contributed by atoms with van der Waals surface area (Å²) in [5.74, 6) is 0. The van der Waals surface area contributed by atoms with E-state index in [1.54, 1.807) is 0 Å². The van der Waals surface area contributed by atoms with Gasteiger partial charge in [0.05, 0.1) is 0 Å². The summed E-state index contributed by atoms with van der Waals surface area (Å²) < 4.78 is 0. The first kappa shape index (κ1) is 24.9. The van der Waals surface area contributed by atoms with Gasteiger partial charge in [-0.3, -0.25) is 0 Å². The van der Waals surface area contributed by atoms with Crippen molar-refractivity contribution in [3.63, 3.8) is 0 Å². The van der Waals surface area contributed by atoms with Gasteiger partial charge < -0.3 is 4.90 Å². The lowest BCUT2D eigenvalue weighted by molar-refractivity contribution is 0.645. The van der Waals surface area contributed by atoms with Crippen LogP contribution in [-0.2, 0) is 11.8 Å². The zero-order valence-corrected chi connectivity index (χ0v) is 24.1. The molecule has 0 saturated heterocycles. The topological polar surface area (TPSA) is 3.24 Å². The van der Waals surface area contributed by atoms with Crippen molar-refractivity contribution in [1.29, 1.82) is 0 Å². The van der Waals surface area contributed by atoms with Gasteiger partial charge in [0.25, 0.3) is 0 Å². The van der Waals surface area contributed by atoms with E-state index in [0.29, 0.717) is 0 Å². The molecule has 8 rings (SSSR count). The number of nitrogens with zero attached hydrogens (tertiary/aromatic N) is 1. The van der Waals surface area contributed by atoms with Crippen molar-refractivity contribution in [2.75, 3.05) is 11.4 Å². The molecule has 6 aromatic rings. The van der Waals surface area contributed by atoms with E-state index in [9.17, 15) is 0 Å². The van der Waals surface area contributed by atoms with Gasteiger partial charge in [-0.2, -0.15) is 0 Å². The SMILES string of the molecule is CC1(C)c2ccccc2-c2c3c(cc4cccc1c24)N(c1ccc(-c2ccc4ccccc4c2)cc1)C/C=C\C=C/C3. The van der Waals surface area contributed by atoms with Crippen LogP contribution in [-0.4, -0.2) is 6.54 Å². The highest BCUT2D eigenvalue weighted by Gasteiger charge is 2.35. The molecule has 42 heavy (non-hydrogen) atoms. The lowest BCUT2D eigenvalue weighted by atomic mass is 9.67. The highest BCUT2D eigenvalue weighted by Crippen LogP contribution is 2.52. The standard InChI is InChI=1S/C41H33N/c1-41(2)36-17-9-8-15-34(36)40-35-16-5-3-4-10-25-42(38(35)27-32-14-11-18-37(41)39(32)40)33-23-21-29(22-24-33)31-20-19-28-12-6-7-13-30(28)26-31/h3-15,17-24,26-27H,16,25H2,1-2H3/b5-3-,10-4-. The molecule has 202 valence electrons. The van der Waals surface area contributed by atoms with E-state index >= 15 is 0 Å². The fraction of sp³-hybridized carbons (Fsp3) is 0.122. The number of hydrogen-bond acceptors (Lipinski definition) is 1. The molecular formula is C41H33N. The molecule has 0 spiro atoms. The molecule has 1 aliphatic carbocycles. The summed E-state index contributed by atoms with van der Waals surface area (Å²) in [6.07, 6.45) is 9.87. The van der Waals surface area contributed by atoms with E-state index in [4.69, 9.17) is 0 Å². The van der Waals surface area contributed by atoms with E-state index in [1.165, 1.54) is 71.9 Å². The second-order valence-corrected chi connectivity index (χ2v) is 12.1. The molecule has 0 N–H and O–H groups in total. The third-order valence-corrected chi connectivity index (χ3v) is 9.34. The van der Waals surface area contributed by atoms with Crippen LogP contribution >= 0.6 is 0 Å². The number of fused-ring (bicyclic) bond motifs is 5. The van der Waals surface area contributed by atoms with Gasteiger partial charge in [0.15, 0.2) is 0 Å². The van der Waals surface area contributed by atoms with Crippen molar-refractivity contribution in [1.82, 2.24) is 0 Å². The number of allylic oxidation sites excluding steroid dienone is 3. The summed E-state index contributed by atoms with van der Waals surface area (Å²) in [5, 5.41) is 5.27. The van der Waals surface area contributed by atoms with Crippen LogP contribution < -0.4 is 4.90 Å². The molecule has 0 aromatic heterocycles. The van der Waals surface area contributed by atoms with Crippen molar-refractivity contribution < 1.29 is 0 Å². The van der Waals surface area contributed by atoms with Crippen molar-refractivity contribution >= 4 is 32.9 Å². The van der Waals surface area contributed by atoms with Crippen molar-refractivity contribution in [2.24, 2.45) is 0 Å². The van der Waals surface area contributed by atoms with Gasteiger partial charge in [0, 0.05) is 23.3 Å². The Bertz CT molecular complexity index is 2060. The Labute approximate surface area is 248 Å². The summed E-state index contributed by atoms with van der Waals surface area (Å²) in [7, 11) is 0. The van der Waals surface area contributed by atoms with E-state index in [1.807, 2.05) is 0 Å². The monoisotopic (exact) mass is 539 g/mol. The Morgan fingerprint density at radius 2 is 1.31 bits per heavy atom. The maximum Gasteiger partial charge on any atom is 0.0462 e. The smallest absolute Gasteiger partial charge is 0.0462 e. The van der Waals surface area contributed by atoms with Gasteiger partial charge in [-0.15, -0.1) is 0 Å². The van der Waals surface area contributed by atoms with Gasteiger partial charge in [-0.25, -0.2) is 0 Å². The molecule has 1 nitrogen and oxygen atoms in total. The molecule has 0 amide bonds. The minimum Gasteiger partial charge on any atom is -0.337 e. The van der Waals surface area contributed by atoms with Crippen LogP contribution in [0, 0.1) is 0 Å². The average molecular weight is 540 g/mol. The minimum atomic E-state index is -0.0501. The molecule has 0 radical (unpaired) electrons. The summed E-state index contributed by atoms with van der Waals surface area (Å²) >= 11 is 0. The lowest BCUT2D eigenvalue weighted by Crippen LogP contribution is -2.25. The number of hydrogen-bond donors (Lipinski definition) is 0. The Hall–Kier alpha value is -4.88. The maximum atomic E-state index is 2.49. The second kappa shape index (κ2) is 9.60. The molecule has 0 atom stereocenters. The van der Waals surface area contributed by atoms with E-state index < -0.39 is 0 Å². The van der Waals surface area contributed by atoms with Crippen LogP contribution in [0.5, 0.6) is 0 Å². The fourth-order valence-corrected chi connectivity index (χ4v) is 7.19. The molecule has 6 aromatic carbocycles. The molecule has 1 heterocycles. The first-order chi connectivity index (χ1) is 20.6. The molecule has 1 aliphatic heterocycles. The molecule has 2 aliphatic rings. The molecular weight excluding hydrogens is 506 g/mol. The molecule has 0 saturated carbocycles. The van der Waals surface area contributed by atoms with Gasteiger partial charge in [-0.1, -0.05) is 129 Å². The lowest BCUT2D eigenvalue weighted by Gasteiger charge is -2.37. The number of rotatable bonds is 2. The van der Waals surface area contributed by atoms with Gasteiger partial charge >= 0.3 is 0 Å². The molecule has 0 unspecified atom stereocenters. The van der Waals surface area contributed by atoms with Gasteiger partial charge in [0.2, 0.25) is 0 Å². The summed E-state index contributed by atoms with van der Waals surface area (Å²) in [6.45, 7) is 5.56. The molecule has 0 bridgehead atoms. The fourth-order valence-electron chi connectivity index (χ4n) is 7.19. The van der Waals surface area contributed by atoms with Crippen LogP contribution in [0.15, 0.2) is 140 Å². The maximum absolute atomic E-state index is 2.49. The Kier molecular flexibility index (Phi) is 5.69. The van der Waals surface area contributed by atoms with Crippen LogP contribution in [0.1, 0.15) is 30.5 Å². The van der Waals surface area contributed by atoms with Gasteiger partial charge in [0.1, 0.15) is 0 Å². The van der Waals surface area contributed by atoms with Crippen LogP contribution in [0.2, 0.25) is 0 Å². The minimum absolute atomic E-state index is 0.0501. The first-order valence-corrected chi connectivity index (χ1v) is 15.0. The third-order valence-electron chi connectivity index (χ3n) is 9.34. The van der Waals surface area contributed by atoms with Crippen molar-refractivity contribution in [2.45, 2.75) is 25.7 Å². The number of benzene rings is 6. The third kappa shape index (κ3) is 3.84. The van der Waals surface area contributed by atoms with Gasteiger partial charge in [-0.05, 0) is 91.2 Å². The van der Waals surface area contributed by atoms with E-state index in [-0.39, 0.29) is 5.41 Å². The number of anilines is 2. The van der Waals surface area contributed by atoms with E-state index in [0.717, 1.165) is 13.0 Å². The zero-order chi connectivity index (χ0) is 28.3. The summed E-state index contributed by atoms with van der Waals surface area (Å²) in [6, 6.07) is 42.8. The van der Waals surface area contributed by atoms with Crippen LogP contribution in [0.25, 0.3) is 43.8 Å². The molecule has 1 heteroatoms. The Morgan fingerprint density at radius 1 is 0.595 bits per heavy atom. The predicted octanol–water partition coefficient (Wildman–Crippen LogP) is 10.8. The largest absolute Gasteiger partial charge is 0.337 e. The Morgan fingerprint density at radius 3 is 2.19 bits per heavy atom. The summed E-state index contributed by atoms with van der Waals surface area (Å²) in [5.41, 5.74) is 11.9. The summed E-state index contributed by atoms with van der Waals surface area (Å²) in [4.78, 5) is 2.49. The highest BCUT2D eigenvalue weighted by molar-refractivity contribution is 6.07. The Balaban J connectivity index is 1.31. The average Bonchev–Trinajstić information content (AvgIpc) is 3.13. The quantitative estimate of drug-likeness (QED) is 0.211. The van der Waals surface area contributed by atoms with Crippen molar-refractivity contribution in [3.8, 4) is 22.3 Å². The van der Waals surface area contributed by atoms with Crippen molar-refractivity contribution in [3.05, 3.63) is 156 Å². The first-order valence-electron chi connectivity index (χ1n) is 15.0. The normalized spacial score (nSPS) is 16.7. The molecule has 0 fully saturated rings. The van der Waals surface area contributed by atoms with E-state index in [2.05, 4.69) is 158 Å². The zero-order valence-electron chi connectivity index (χ0n) is 24.1. The predicted molar refractivity (Wildman–Crippen MR) is 180 cm³/mol. The highest BCUT2D eigenvalue weighted by atomic mass is 15.1. The second-order valence-electron chi connectivity index (χ2n) is 12.1. The van der Waals surface area contributed by atoms with Crippen LogP contribution in [0.3, 0.4) is 0 Å².